The molecule has 0 saturated heterocycles. The molecule has 5 heteroatoms. The normalized spacial score (nSPS) is 10.4. The van der Waals surface area contributed by atoms with Gasteiger partial charge in [-0.1, -0.05) is 23.7 Å². The summed E-state index contributed by atoms with van der Waals surface area (Å²) in [5, 5.41) is 3.85. The number of nitrogens with one attached hydrogen (secondary N) is 1. The van der Waals surface area contributed by atoms with Gasteiger partial charge in [-0.15, -0.1) is 0 Å². The summed E-state index contributed by atoms with van der Waals surface area (Å²) in [6.45, 7) is 2.31. The average molecular weight is 359 g/mol. The first kappa shape index (κ1) is 15.1. The smallest absolute Gasteiger partial charge is 0.156 e. The maximum Gasteiger partial charge on any atom is 0.156 e. The highest BCUT2D eigenvalue weighted by Gasteiger charge is 2.09. The largest absolute Gasteiger partial charge is 0.493 e. The van der Waals surface area contributed by atoms with E-state index in [0.29, 0.717) is 22.9 Å². The lowest BCUT2D eigenvalue weighted by molar-refractivity contribution is 0.414. The van der Waals surface area contributed by atoms with Crippen LogP contribution >= 0.6 is 27.5 Å². The molecule has 0 saturated carbocycles. The molecule has 0 heterocycles. The fourth-order valence-corrected chi connectivity index (χ4v) is 2.89. The minimum Gasteiger partial charge on any atom is -0.493 e. The Morgan fingerprint density at radius 1 is 1.30 bits per heavy atom. The van der Waals surface area contributed by atoms with Crippen molar-refractivity contribution in [2.24, 2.45) is 0 Å². The van der Waals surface area contributed by atoms with E-state index in [4.69, 9.17) is 16.3 Å². The van der Waals surface area contributed by atoms with Crippen LogP contribution in [-0.4, -0.2) is 7.11 Å². The lowest BCUT2D eigenvalue weighted by Crippen LogP contribution is -2.02. The molecule has 0 aliphatic rings. The highest BCUT2D eigenvalue weighted by atomic mass is 79.9. The molecule has 2 rings (SSSR count). The van der Waals surface area contributed by atoms with Gasteiger partial charge in [0.25, 0.3) is 0 Å². The molecule has 0 amide bonds. The Hall–Kier alpha value is -1.26. The number of hydrogen-bond donors (Lipinski definition) is 1. The zero-order valence-corrected chi connectivity index (χ0v) is 13.5. The molecule has 0 bridgehead atoms. The number of methoxy groups -OCH3 is 1. The number of halogens is 3. The van der Waals surface area contributed by atoms with Crippen molar-refractivity contribution in [1.82, 2.24) is 0 Å². The number of hydrogen-bond acceptors (Lipinski definition) is 2. The predicted octanol–water partition coefficient (Wildman–Crippen LogP) is 5.17. The van der Waals surface area contributed by atoms with Crippen molar-refractivity contribution in [2.75, 3.05) is 12.4 Å². The molecule has 106 valence electrons. The first-order valence-electron chi connectivity index (χ1n) is 6.03. The summed E-state index contributed by atoms with van der Waals surface area (Å²) < 4.78 is 19.3. The number of rotatable bonds is 4. The van der Waals surface area contributed by atoms with Gasteiger partial charge < -0.3 is 10.1 Å². The minimum absolute atomic E-state index is 0.197. The van der Waals surface area contributed by atoms with Crippen LogP contribution in [0.3, 0.4) is 0 Å². The lowest BCUT2D eigenvalue weighted by atomic mass is 10.1. The van der Waals surface area contributed by atoms with Gasteiger partial charge in [-0.05, 0) is 52.2 Å². The van der Waals surface area contributed by atoms with Gasteiger partial charge in [0.2, 0.25) is 0 Å². The van der Waals surface area contributed by atoms with Gasteiger partial charge in [0, 0.05) is 11.6 Å². The monoisotopic (exact) mass is 357 g/mol. The van der Waals surface area contributed by atoms with Gasteiger partial charge in [0.1, 0.15) is 5.82 Å². The molecular formula is C15H14BrClFNO. The molecule has 0 radical (unpaired) electrons. The Labute approximate surface area is 131 Å². The Balaban J connectivity index is 2.20. The molecular weight excluding hydrogens is 345 g/mol. The zero-order chi connectivity index (χ0) is 14.7. The van der Waals surface area contributed by atoms with Crippen molar-refractivity contribution in [3.05, 3.63) is 56.8 Å². The lowest BCUT2D eigenvalue weighted by Gasteiger charge is -2.13. The van der Waals surface area contributed by atoms with E-state index in [0.717, 1.165) is 15.7 Å². The fourth-order valence-electron chi connectivity index (χ4n) is 1.91. The van der Waals surface area contributed by atoms with E-state index < -0.39 is 0 Å². The van der Waals surface area contributed by atoms with E-state index in [1.807, 2.05) is 6.07 Å². The maximum atomic E-state index is 13.2. The summed E-state index contributed by atoms with van der Waals surface area (Å²) in [6, 6.07) is 8.60. The van der Waals surface area contributed by atoms with Crippen LogP contribution in [0.1, 0.15) is 11.1 Å². The molecule has 2 nitrogen and oxygen atoms in total. The van der Waals surface area contributed by atoms with Crippen LogP contribution in [0.2, 0.25) is 5.02 Å². The molecule has 0 aliphatic carbocycles. The van der Waals surface area contributed by atoms with E-state index in [1.165, 1.54) is 6.07 Å². The third kappa shape index (κ3) is 3.44. The summed E-state index contributed by atoms with van der Waals surface area (Å²) >= 11 is 9.44. The summed E-state index contributed by atoms with van der Waals surface area (Å²) in [7, 11) is 1.60. The number of benzene rings is 2. The summed E-state index contributed by atoms with van der Waals surface area (Å²) in [6.07, 6.45) is 0. The van der Waals surface area contributed by atoms with Crippen LogP contribution in [0.4, 0.5) is 10.1 Å². The molecule has 0 unspecified atom stereocenters. The fraction of sp³-hybridized carbons (Fsp3) is 0.200. The second-order valence-corrected chi connectivity index (χ2v) is 5.70. The Morgan fingerprint density at radius 3 is 2.70 bits per heavy atom. The Bertz CT molecular complexity index is 634. The van der Waals surface area contributed by atoms with Crippen molar-refractivity contribution in [2.45, 2.75) is 13.5 Å². The SMILES string of the molecule is COc1c(Br)cc(Cl)cc1NCc1ccc(F)c(C)c1. The van der Waals surface area contributed by atoms with E-state index in [1.54, 1.807) is 32.2 Å². The average Bonchev–Trinajstić information content (AvgIpc) is 2.39. The molecule has 20 heavy (non-hydrogen) atoms. The van der Waals surface area contributed by atoms with Gasteiger partial charge in [-0.2, -0.15) is 0 Å². The first-order valence-corrected chi connectivity index (χ1v) is 7.20. The van der Waals surface area contributed by atoms with Crippen molar-refractivity contribution in [1.29, 1.82) is 0 Å². The second-order valence-electron chi connectivity index (χ2n) is 4.41. The molecule has 0 fully saturated rings. The topological polar surface area (TPSA) is 21.3 Å². The molecule has 1 N–H and O–H groups in total. The molecule has 0 atom stereocenters. The third-order valence-corrected chi connectivity index (χ3v) is 3.73. The minimum atomic E-state index is -0.197. The number of anilines is 1. The van der Waals surface area contributed by atoms with E-state index >= 15 is 0 Å². The van der Waals surface area contributed by atoms with Crippen LogP contribution in [0.15, 0.2) is 34.8 Å². The maximum absolute atomic E-state index is 13.2. The summed E-state index contributed by atoms with van der Waals surface area (Å²) in [5.41, 5.74) is 2.40. The van der Waals surface area contributed by atoms with E-state index in [2.05, 4.69) is 21.2 Å². The van der Waals surface area contributed by atoms with Crippen LogP contribution in [0.5, 0.6) is 5.75 Å². The van der Waals surface area contributed by atoms with Crippen LogP contribution in [-0.2, 0) is 6.54 Å². The molecule has 2 aromatic carbocycles. The van der Waals surface area contributed by atoms with Crippen LogP contribution in [0, 0.1) is 12.7 Å². The van der Waals surface area contributed by atoms with E-state index in [-0.39, 0.29) is 5.82 Å². The third-order valence-electron chi connectivity index (χ3n) is 2.92. The quantitative estimate of drug-likeness (QED) is 0.814. The summed E-state index contributed by atoms with van der Waals surface area (Å²) in [5.74, 6) is 0.491. The van der Waals surface area contributed by atoms with Gasteiger partial charge in [-0.3, -0.25) is 0 Å². The van der Waals surface area contributed by atoms with Gasteiger partial charge in [-0.25, -0.2) is 4.39 Å². The highest BCUT2D eigenvalue weighted by molar-refractivity contribution is 9.10. The molecule has 2 aromatic rings. The van der Waals surface area contributed by atoms with Crippen molar-refractivity contribution < 1.29 is 9.13 Å². The zero-order valence-electron chi connectivity index (χ0n) is 11.1. The summed E-state index contributed by atoms with van der Waals surface area (Å²) in [4.78, 5) is 0. The molecule has 0 aliphatic heterocycles. The highest BCUT2D eigenvalue weighted by Crippen LogP contribution is 2.36. The van der Waals surface area contributed by atoms with Gasteiger partial charge >= 0.3 is 0 Å². The molecule has 0 spiro atoms. The van der Waals surface area contributed by atoms with Crippen LogP contribution in [0.25, 0.3) is 0 Å². The Kier molecular flexibility index (Phi) is 4.89. The van der Waals surface area contributed by atoms with Crippen molar-refractivity contribution in [3.63, 3.8) is 0 Å². The van der Waals surface area contributed by atoms with Crippen LogP contribution < -0.4 is 10.1 Å². The molecule has 0 aromatic heterocycles. The second kappa shape index (κ2) is 6.46. The predicted molar refractivity (Wildman–Crippen MR) is 84.2 cm³/mol. The number of aryl methyl sites for hydroxylation is 1. The Morgan fingerprint density at radius 2 is 2.05 bits per heavy atom. The van der Waals surface area contributed by atoms with E-state index in [9.17, 15) is 4.39 Å². The number of ether oxygens (including phenoxy) is 1. The first-order chi connectivity index (χ1) is 9.51. The van der Waals surface area contributed by atoms with Crippen molar-refractivity contribution >= 4 is 33.2 Å². The standard InChI is InChI=1S/C15H14BrClFNO/c1-9-5-10(3-4-13(9)18)8-19-14-7-11(17)6-12(16)15(14)20-2/h3-7,19H,8H2,1-2H3. The van der Waals surface area contributed by atoms with Gasteiger partial charge in [0.05, 0.1) is 17.3 Å². The van der Waals surface area contributed by atoms with Crippen molar-refractivity contribution in [3.8, 4) is 5.75 Å². The van der Waals surface area contributed by atoms with Gasteiger partial charge in [0.15, 0.2) is 5.75 Å².